The van der Waals surface area contributed by atoms with Crippen molar-refractivity contribution in [3.8, 4) is 5.75 Å². The van der Waals surface area contributed by atoms with Gasteiger partial charge in [0, 0.05) is 0 Å². The standard InChI is InChI=1S/C10H17N3O5/c1-10(16)7(15)6(4-14)18-9(10)13-3-5(17-2)8(11)12-13/h3,6-7,9,14-16H,4H2,1-2H3,(H2,11,12)/t6-,7-,9-,10-/m1/s1. The summed E-state index contributed by atoms with van der Waals surface area (Å²) in [5.74, 6) is 0.496. The molecule has 0 spiro atoms. The van der Waals surface area contributed by atoms with E-state index in [0.717, 1.165) is 0 Å². The zero-order valence-electron chi connectivity index (χ0n) is 10.1. The van der Waals surface area contributed by atoms with E-state index in [2.05, 4.69) is 5.10 Å². The Kier molecular flexibility index (Phi) is 3.20. The van der Waals surface area contributed by atoms with E-state index in [4.69, 9.17) is 20.3 Å². The van der Waals surface area contributed by atoms with Crippen molar-refractivity contribution < 1.29 is 24.8 Å². The number of rotatable bonds is 3. The first-order chi connectivity index (χ1) is 8.41. The number of nitrogens with two attached hydrogens (primary N) is 1. The number of nitrogens with zero attached hydrogens (tertiary/aromatic N) is 2. The SMILES string of the molecule is COc1cn([C@@H]2O[C@H](CO)[C@@H](O)[C@@]2(C)O)nc1N. The summed E-state index contributed by atoms with van der Waals surface area (Å²) >= 11 is 0. The molecule has 0 aromatic carbocycles. The third-order valence-corrected chi connectivity index (χ3v) is 3.12. The van der Waals surface area contributed by atoms with Gasteiger partial charge < -0.3 is 30.5 Å². The minimum atomic E-state index is -1.59. The predicted octanol–water partition coefficient (Wildman–Crippen LogP) is -1.52. The van der Waals surface area contributed by atoms with Crippen molar-refractivity contribution in [3.05, 3.63) is 6.20 Å². The Bertz CT molecular complexity index is 433. The normalized spacial score (nSPS) is 35.9. The molecule has 18 heavy (non-hydrogen) atoms. The number of aromatic nitrogens is 2. The highest BCUT2D eigenvalue weighted by molar-refractivity contribution is 5.43. The molecule has 2 heterocycles. The van der Waals surface area contributed by atoms with Crippen LogP contribution >= 0.6 is 0 Å². The van der Waals surface area contributed by atoms with Crippen LogP contribution in [0.1, 0.15) is 13.2 Å². The van der Waals surface area contributed by atoms with Crippen molar-refractivity contribution in [1.29, 1.82) is 0 Å². The van der Waals surface area contributed by atoms with E-state index in [1.54, 1.807) is 0 Å². The zero-order valence-corrected chi connectivity index (χ0v) is 10.1. The number of aliphatic hydroxyl groups excluding tert-OH is 2. The average molecular weight is 259 g/mol. The molecule has 1 saturated heterocycles. The number of aliphatic hydroxyl groups is 3. The summed E-state index contributed by atoms with van der Waals surface area (Å²) in [6.45, 7) is 1.00. The number of ether oxygens (including phenoxy) is 2. The van der Waals surface area contributed by atoms with Crippen LogP contribution in [0.25, 0.3) is 0 Å². The van der Waals surface area contributed by atoms with E-state index in [0.29, 0.717) is 5.75 Å². The Morgan fingerprint density at radius 3 is 2.78 bits per heavy atom. The van der Waals surface area contributed by atoms with Crippen LogP contribution < -0.4 is 10.5 Å². The molecule has 0 unspecified atom stereocenters. The van der Waals surface area contributed by atoms with Crippen LogP contribution in [0.4, 0.5) is 5.82 Å². The number of methoxy groups -OCH3 is 1. The molecule has 102 valence electrons. The second kappa shape index (κ2) is 4.39. The lowest BCUT2D eigenvalue weighted by atomic mass is 9.97. The molecule has 8 heteroatoms. The van der Waals surface area contributed by atoms with Gasteiger partial charge in [-0.15, -0.1) is 5.10 Å². The lowest BCUT2D eigenvalue weighted by Crippen LogP contribution is -2.44. The lowest BCUT2D eigenvalue weighted by molar-refractivity contribution is -0.102. The van der Waals surface area contributed by atoms with E-state index in [1.165, 1.54) is 24.9 Å². The highest BCUT2D eigenvalue weighted by Gasteiger charge is 2.53. The summed E-state index contributed by atoms with van der Waals surface area (Å²) in [5, 5.41) is 33.1. The molecule has 1 aliphatic rings. The molecule has 0 radical (unpaired) electrons. The number of hydrogen-bond acceptors (Lipinski definition) is 7. The fourth-order valence-corrected chi connectivity index (χ4v) is 2.04. The van der Waals surface area contributed by atoms with Crippen molar-refractivity contribution in [1.82, 2.24) is 9.78 Å². The highest BCUT2D eigenvalue weighted by atomic mass is 16.6. The van der Waals surface area contributed by atoms with Crippen molar-refractivity contribution >= 4 is 5.82 Å². The summed E-state index contributed by atoms with van der Waals surface area (Å²) in [4.78, 5) is 0. The van der Waals surface area contributed by atoms with Gasteiger partial charge in [-0.25, -0.2) is 4.68 Å². The maximum absolute atomic E-state index is 10.2. The smallest absolute Gasteiger partial charge is 0.188 e. The summed E-state index contributed by atoms with van der Waals surface area (Å²) in [6, 6.07) is 0. The monoisotopic (exact) mass is 259 g/mol. The van der Waals surface area contributed by atoms with Crippen LogP contribution in [0, 0.1) is 0 Å². The van der Waals surface area contributed by atoms with E-state index in [1.807, 2.05) is 0 Å². The summed E-state index contributed by atoms with van der Waals surface area (Å²) in [7, 11) is 1.44. The van der Waals surface area contributed by atoms with Crippen molar-refractivity contribution in [3.63, 3.8) is 0 Å². The van der Waals surface area contributed by atoms with Gasteiger partial charge in [0.2, 0.25) is 0 Å². The maximum atomic E-state index is 10.2. The molecule has 0 aliphatic carbocycles. The Balaban J connectivity index is 2.32. The number of anilines is 1. The van der Waals surface area contributed by atoms with Gasteiger partial charge in [-0.2, -0.15) is 0 Å². The second-order valence-corrected chi connectivity index (χ2v) is 4.44. The predicted molar refractivity (Wildman–Crippen MR) is 60.8 cm³/mol. The third kappa shape index (κ3) is 1.83. The van der Waals surface area contributed by atoms with Crippen molar-refractivity contribution in [2.75, 3.05) is 19.5 Å². The molecule has 1 aliphatic heterocycles. The van der Waals surface area contributed by atoms with Gasteiger partial charge in [0.1, 0.15) is 17.8 Å². The molecule has 0 amide bonds. The average Bonchev–Trinajstić information content (AvgIpc) is 2.79. The fraction of sp³-hybridized carbons (Fsp3) is 0.700. The fourth-order valence-electron chi connectivity index (χ4n) is 2.04. The van der Waals surface area contributed by atoms with Gasteiger partial charge in [-0.1, -0.05) is 0 Å². The second-order valence-electron chi connectivity index (χ2n) is 4.44. The third-order valence-electron chi connectivity index (χ3n) is 3.12. The summed E-state index contributed by atoms with van der Waals surface area (Å²) < 4.78 is 11.6. The summed E-state index contributed by atoms with van der Waals surface area (Å²) in [6.07, 6.45) is -1.58. The molecule has 4 atom stereocenters. The summed E-state index contributed by atoms with van der Waals surface area (Å²) in [5.41, 5.74) is 4.02. The highest BCUT2D eigenvalue weighted by Crippen LogP contribution is 2.38. The van der Waals surface area contributed by atoms with Gasteiger partial charge in [-0.3, -0.25) is 0 Å². The van der Waals surface area contributed by atoms with Gasteiger partial charge in [0.05, 0.1) is 19.9 Å². The Morgan fingerprint density at radius 1 is 1.67 bits per heavy atom. The van der Waals surface area contributed by atoms with E-state index >= 15 is 0 Å². The first-order valence-electron chi connectivity index (χ1n) is 5.47. The Hall–Kier alpha value is -1.35. The van der Waals surface area contributed by atoms with Crippen LogP contribution in [0.15, 0.2) is 6.20 Å². The molecule has 8 nitrogen and oxygen atoms in total. The van der Waals surface area contributed by atoms with Gasteiger partial charge in [0.15, 0.2) is 17.8 Å². The van der Waals surface area contributed by atoms with Crippen LogP contribution in [0.3, 0.4) is 0 Å². The first kappa shape index (κ1) is 13.1. The molecule has 1 aromatic rings. The Labute approximate surface area is 104 Å². The minimum Gasteiger partial charge on any atom is -0.491 e. The van der Waals surface area contributed by atoms with Crippen molar-refractivity contribution in [2.45, 2.75) is 31.0 Å². The number of nitrogen functional groups attached to an aromatic ring is 1. The van der Waals surface area contributed by atoms with Crippen LogP contribution in [0.2, 0.25) is 0 Å². The molecular weight excluding hydrogens is 242 g/mol. The number of hydrogen-bond donors (Lipinski definition) is 4. The van der Waals surface area contributed by atoms with E-state index in [-0.39, 0.29) is 5.82 Å². The largest absolute Gasteiger partial charge is 0.491 e. The van der Waals surface area contributed by atoms with Gasteiger partial charge >= 0.3 is 0 Å². The Morgan fingerprint density at radius 2 is 2.33 bits per heavy atom. The van der Waals surface area contributed by atoms with Gasteiger partial charge in [0.25, 0.3) is 0 Å². The minimum absolute atomic E-state index is 0.152. The van der Waals surface area contributed by atoms with E-state index < -0.39 is 30.6 Å². The molecule has 0 bridgehead atoms. The zero-order chi connectivity index (χ0) is 13.5. The van der Waals surface area contributed by atoms with Crippen LogP contribution in [0.5, 0.6) is 5.75 Å². The lowest BCUT2D eigenvalue weighted by Gasteiger charge is -2.26. The van der Waals surface area contributed by atoms with Gasteiger partial charge in [-0.05, 0) is 6.92 Å². The molecule has 2 rings (SSSR count). The first-order valence-corrected chi connectivity index (χ1v) is 5.47. The van der Waals surface area contributed by atoms with Crippen LogP contribution in [-0.4, -0.2) is 56.6 Å². The quantitative estimate of drug-likeness (QED) is 0.519. The van der Waals surface area contributed by atoms with Crippen LogP contribution in [-0.2, 0) is 4.74 Å². The van der Waals surface area contributed by atoms with Crippen molar-refractivity contribution in [2.24, 2.45) is 0 Å². The topological polar surface area (TPSA) is 123 Å². The maximum Gasteiger partial charge on any atom is 0.188 e. The molecule has 1 fully saturated rings. The molecule has 1 aromatic heterocycles. The molecule has 5 N–H and O–H groups in total. The van der Waals surface area contributed by atoms with E-state index in [9.17, 15) is 10.2 Å². The molecule has 0 saturated carbocycles. The molecular formula is C10H17N3O5.